The van der Waals surface area contributed by atoms with Crippen LogP contribution in [-0.2, 0) is 12.0 Å². The van der Waals surface area contributed by atoms with Crippen molar-refractivity contribution in [1.82, 2.24) is 5.48 Å². The smallest absolute Gasteiger partial charge is 0.0458 e. The molecule has 0 fully saturated rings. The summed E-state index contributed by atoms with van der Waals surface area (Å²) in [6, 6.07) is 16.5. The highest BCUT2D eigenvalue weighted by atomic mass is 16.5. The summed E-state index contributed by atoms with van der Waals surface area (Å²) in [5.41, 5.74) is 6.81. The SMILES string of the molecule is CC(C)(C)c1ccc(Nc2ccc(CNO)cc2)cc1. The van der Waals surface area contributed by atoms with Crippen LogP contribution >= 0.6 is 0 Å². The second kappa shape index (κ2) is 6.07. The minimum absolute atomic E-state index is 0.178. The summed E-state index contributed by atoms with van der Waals surface area (Å²) in [6.45, 7) is 7.09. The average molecular weight is 270 g/mol. The first-order chi connectivity index (χ1) is 9.49. The van der Waals surface area contributed by atoms with Gasteiger partial charge < -0.3 is 10.5 Å². The van der Waals surface area contributed by atoms with Crippen molar-refractivity contribution >= 4 is 11.4 Å². The molecule has 0 aromatic heterocycles. The van der Waals surface area contributed by atoms with Crippen molar-refractivity contribution in [2.45, 2.75) is 32.7 Å². The van der Waals surface area contributed by atoms with E-state index in [2.05, 4.69) is 55.8 Å². The zero-order chi connectivity index (χ0) is 14.6. The third-order valence-electron chi connectivity index (χ3n) is 3.28. The van der Waals surface area contributed by atoms with E-state index in [4.69, 9.17) is 5.21 Å². The van der Waals surface area contributed by atoms with E-state index in [0.29, 0.717) is 6.54 Å². The van der Waals surface area contributed by atoms with Crippen molar-refractivity contribution in [2.75, 3.05) is 5.32 Å². The van der Waals surface area contributed by atoms with Gasteiger partial charge in [-0.2, -0.15) is 0 Å². The van der Waals surface area contributed by atoms with Crippen molar-refractivity contribution in [2.24, 2.45) is 0 Å². The molecule has 0 saturated carbocycles. The zero-order valence-corrected chi connectivity index (χ0v) is 12.3. The lowest BCUT2D eigenvalue weighted by atomic mass is 9.87. The maximum atomic E-state index is 8.65. The highest BCUT2D eigenvalue weighted by Gasteiger charge is 2.12. The molecule has 0 amide bonds. The number of hydrogen-bond acceptors (Lipinski definition) is 3. The molecule has 20 heavy (non-hydrogen) atoms. The Labute approximate surface area is 120 Å². The topological polar surface area (TPSA) is 44.3 Å². The highest BCUT2D eigenvalue weighted by Crippen LogP contribution is 2.24. The molecule has 2 aromatic carbocycles. The zero-order valence-electron chi connectivity index (χ0n) is 12.3. The predicted molar refractivity (Wildman–Crippen MR) is 83.5 cm³/mol. The summed E-state index contributed by atoms with van der Waals surface area (Å²) >= 11 is 0. The minimum Gasteiger partial charge on any atom is -0.356 e. The summed E-state index contributed by atoms with van der Waals surface area (Å²) in [5.74, 6) is 0. The number of rotatable bonds is 4. The Kier molecular flexibility index (Phi) is 4.42. The van der Waals surface area contributed by atoms with Crippen LogP contribution in [0.25, 0.3) is 0 Å². The van der Waals surface area contributed by atoms with Crippen LogP contribution < -0.4 is 10.8 Å². The second-order valence-corrected chi connectivity index (χ2v) is 5.98. The summed E-state index contributed by atoms with van der Waals surface area (Å²) in [7, 11) is 0. The Morgan fingerprint density at radius 2 is 1.35 bits per heavy atom. The molecule has 106 valence electrons. The monoisotopic (exact) mass is 270 g/mol. The fourth-order valence-corrected chi connectivity index (χ4v) is 2.02. The fourth-order valence-electron chi connectivity index (χ4n) is 2.02. The molecule has 0 aliphatic rings. The summed E-state index contributed by atoms with van der Waals surface area (Å²) in [5, 5.41) is 12.0. The first-order valence-electron chi connectivity index (χ1n) is 6.82. The fraction of sp³-hybridized carbons (Fsp3) is 0.294. The van der Waals surface area contributed by atoms with Crippen molar-refractivity contribution in [3.8, 4) is 0 Å². The Balaban J connectivity index is 2.06. The van der Waals surface area contributed by atoms with Gasteiger partial charge in [0.15, 0.2) is 0 Å². The van der Waals surface area contributed by atoms with Crippen LogP contribution in [0.5, 0.6) is 0 Å². The van der Waals surface area contributed by atoms with Gasteiger partial charge in [0.1, 0.15) is 0 Å². The van der Waals surface area contributed by atoms with Crippen molar-refractivity contribution in [1.29, 1.82) is 0 Å². The molecule has 0 aliphatic carbocycles. The standard InChI is InChI=1S/C17H22N2O/c1-17(2,3)14-6-10-16(11-7-14)19-15-8-4-13(5-9-15)12-18-20/h4-11,18-20H,12H2,1-3H3. The third kappa shape index (κ3) is 3.83. The molecule has 0 spiro atoms. The van der Waals surface area contributed by atoms with Gasteiger partial charge in [-0.1, -0.05) is 45.0 Å². The van der Waals surface area contributed by atoms with Crippen LogP contribution in [0.1, 0.15) is 31.9 Å². The molecule has 0 aliphatic heterocycles. The van der Waals surface area contributed by atoms with Crippen molar-refractivity contribution in [3.05, 3.63) is 59.7 Å². The van der Waals surface area contributed by atoms with E-state index in [1.54, 1.807) is 0 Å². The normalized spacial score (nSPS) is 11.4. The van der Waals surface area contributed by atoms with Gasteiger partial charge >= 0.3 is 0 Å². The number of nitrogens with one attached hydrogen (secondary N) is 2. The Morgan fingerprint density at radius 1 is 0.850 bits per heavy atom. The van der Waals surface area contributed by atoms with E-state index in [0.717, 1.165) is 16.9 Å². The quantitative estimate of drug-likeness (QED) is 0.729. The number of benzene rings is 2. The minimum atomic E-state index is 0.178. The maximum absolute atomic E-state index is 8.65. The summed E-state index contributed by atoms with van der Waals surface area (Å²) in [6.07, 6.45) is 0. The van der Waals surface area contributed by atoms with Gasteiger partial charge in [0.2, 0.25) is 0 Å². The van der Waals surface area contributed by atoms with Crippen LogP contribution in [0.15, 0.2) is 48.5 Å². The molecular formula is C17H22N2O. The number of hydrogen-bond donors (Lipinski definition) is 3. The van der Waals surface area contributed by atoms with Crippen LogP contribution in [0.4, 0.5) is 11.4 Å². The van der Waals surface area contributed by atoms with Crippen LogP contribution in [0.2, 0.25) is 0 Å². The van der Waals surface area contributed by atoms with Gasteiger partial charge in [0, 0.05) is 17.9 Å². The molecule has 0 saturated heterocycles. The van der Waals surface area contributed by atoms with Gasteiger partial charge in [-0.15, -0.1) is 0 Å². The van der Waals surface area contributed by atoms with Gasteiger partial charge in [-0.3, -0.25) is 0 Å². The van der Waals surface area contributed by atoms with Gasteiger partial charge in [-0.05, 0) is 40.8 Å². The molecule has 0 atom stereocenters. The van der Waals surface area contributed by atoms with E-state index in [1.165, 1.54) is 5.56 Å². The van der Waals surface area contributed by atoms with Crippen LogP contribution in [0, 0.1) is 0 Å². The van der Waals surface area contributed by atoms with E-state index >= 15 is 0 Å². The lowest BCUT2D eigenvalue weighted by Crippen LogP contribution is -2.10. The summed E-state index contributed by atoms with van der Waals surface area (Å²) < 4.78 is 0. The molecule has 3 heteroatoms. The molecule has 2 aromatic rings. The number of anilines is 2. The van der Waals surface area contributed by atoms with E-state index < -0.39 is 0 Å². The third-order valence-corrected chi connectivity index (χ3v) is 3.28. The van der Waals surface area contributed by atoms with E-state index in [-0.39, 0.29) is 5.41 Å². The van der Waals surface area contributed by atoms with Gasteiger partial charge in [0.25, 0.3) is 0 Å². The molecule has 0 heterocycles. The van der Waals surface area contributed by atoms with E-state index in [9.17, 15) is 0 Å². The average Bonchev–Trinajstić information content (AvgIpc) is 2.41. The molecule has 0 unspecified atom stereocenters. The largest absolute Gasteiger partial charge is 0.356 e. The van der Waals surface area contributed by atoms with Gasteiger partial charge in [-0.25, -0.2) is 5.48 Å². The molecular weight excluding hydrogens is 248 g/mol. The first-order valence-corrected chi connectivity index (χ1v) is 6.82. The molecule has 3 nitrogen and oxygen atoms in total. The Bertz CT molecular complexity index is 539. The molecule has 3 N–H and O–H groups in total. The Morgan fingerprint density at radius 3 is 1.80 bits per heavy atom. The van der Waals surface area contributed by atoms with Crippen molar-refractivity contribution < 1.29 is 5.21 Å². The Hall–Kier alpha value is -1.84. The van der Waals surface area contributed by atoms with Crippen molar-refractivity contribution in [3.63, 3.8) is 0 Å². The highest BCUT2D eigenvalue weighted by molar-refractivity contribution is 5.60. The van der Waals surface area contributed by atoms with Gasteiger partial charge in [0.05, 0.1) is 0 Å². The van der Waals surface area contributed by atoms with Crippen LogP contribution in [-0.4, -0.2) is 5.21 Å². The predicted octanol–water partition coefficient (Wildman–Crippen LogP) is 4.21. The van der Waals surface area contributed by atoms with E-state index in [1.807, 2.05) is 24.3 Å². The number of hydroxylamine groups is 1. The molecule has 0 radical (unpaired) electrons. The molecule has 0 bridgehead atoms. The summed E-state index contributed by atoms with van der Waals surface area (Å²) in [4.78, 5) is 0. The molecule has 2 rings (SSSR count). The maximum Gasteiger partial charge on any atom is 0.0458 e. The first kappa shape index (κ1) is 14.6. The lowest BCUT2D eigenvalue weighted by Gasteiger charge is -2.19. The van der Waals surface area contributed by atoms with Crippen LogP contribution in [0.3, 0.4) is 0 Å². The lowest BCUT2D eigenvalue weighted by molar-refractivity contribution is 0.161. The second-order valence-electron chi connectivity index (χ2n) is 5.98.